The zero-order valence-electron chi connectivity index (χ0n) is 22.3. The van der Waals surface area contributed by atoms with Gasteiger partial charge in [-0.2, -0.15) is 13.2 Å². The lowest BCUT2D eigenvalue weighted by atomic mass is 9.99. The fraction of sp³-hybridized carbons (Fsp3) is 0.129. The van der Waals surface area contributed by atoms with E-state index >= 15 is 0 Å². The van der Waals surface area contributed by atoms with E-state index in [1.165, 1.54) is 16.7 Å². The number of hydrogen-bond donors (Lipinski definition) is 3. The number of hydrogen-bond acceptors (Lipinski definition) is 6. The molecule has 0 atom stereocenters. The van der Waals surface area contributed by atoms with E-state index in [0.29, 0.717) is 11.1 Å². The molecule has 0 spiro atoms. The lowest BCUT2D eigenvalue weighted by molar-refractivity contribution is -0.140. The van der Waals surface area contributed by atoms with E-state index in [9.17, 15) is 32.7 Å². The highest BCUT2D eigenvalue weighted by Crippen LogP contribution is 2.40. The largest absolute Gasteiger partial charge is 0.505 e. The van der Waals surface area contributed by atoms with Crippen LogP contribution in [-0.4, -0.2) is 43.2 Å². The molecule has 0 bridgehead atoms. The van der Waals surface area contributed by atoms with Crippen molar-refractivity contribution in [1.29, 1.82) is 0 Å². The summed E-state index contributed by atoms with van der Waals surface area (Å²) < 4.78 is 43.8. The molecule has 0 unspecified atom stereocenters. The highest BCUT2D eigenvalue weighted by Gasteiger charge is 2.37. The van der Waals surface area contributed by atoms with Crippen molar-refractivity contribution < 1.29 is 33.0 Å². The van der Waals surface area contributed by atoms with Crippen LogP contribution in [0, 0.1) is 0 Å². The van der Waals surface area contributed by atoms with Crippen LogP contribution >= 0.6 is 0 Å². The third-order valence-corrected chi connectivity index (χ3v) is 6.66. The summed E-state index contributed by atoms with van der Waals surface area (Å²) in [5.41, 5.74) is -2.37. The molecule has 3 aromatic heterocycles. The molecule has 1 amide bonds. The number of nitrogens with one attached hydrogen (secondary N) is 1. The lowest BCUT2D eigenvalue weighted by Crippen LogP contribution is -2.28. The molecule has 0 saturated heterocycles. The SMILES string of the molecule is O=C(O)CCNC(=O)c1nc(-c2cccnc2C(F)(F)F)c2c(cc(-c3ccccc3)c(=O)n2Cc2ccccc2)c1O. The molecule has 12 heteroatoms. The zero-order chi connectivity index (χ0) is 30.7. The molecular formula is C31H23F3N4O5. The van der Waals surface area contributed by atoms with Crippen LogP contribution in [0.4, 0.5) is 13.2 Å². The van der Waals surface area contributed by atoms with E-state index in [1.54, 1.807) is 60.7 Å². The Balaban J connectivity index is 1.90. The van der Waals surface area contributed by atoms with Crippen LogP contribution in [0.15, 0.2) is 89.9 Å². The van der Waals surface area contributed by atoms with Crippen molar-refractivity contribution in [3.8, 4) is 28.1 Å². The number of nitrogens with zero attached hydrogens (tertiary/aromatic N) is 3. The second kappa shape index (κ2) is 11.8. The maximum Gasteiger partial charge on any atom is 0.434 e. The topological polar surface area (TPSA) is 134 Å². The van der Waals surface area contributed by atoms with E-state index in [0.717, 1.165) is 12.3 Å². The van der Waals surface area contributed by atoms with Gasteiger partial charge in [0.05, 0.1) is 24.2 Å². The highest BCUT2D eigenvalue weighted by atomic mass is 19.4. The first-order valence-corrected chi connectivity index (χ1v) is 13.0. The van der Waals surface area contributed by atoms with Crippen molar-refractivity contribution in [2.24, 2.45) is 0 Å². The summed E-state index contributed by atoms with van der Waals surface area (Å²) in [6.07, 6.45) is -4.41. The van der Waals surface area contributed by atoms with Crippen LogP contribution in [0.1, 0.15) is 28.2 Å². The van der Waals surface area contributed by atoms with Crippen LogP contribution < -0.4 is 10.9 Å². The van der Waals surface area contributed by atoms with E-state index in [-0.39, 0.29) is 29.6 Å². The molecule has 5 aromatic rings. The van der Waals surface area contributed by atoms with E-state index in [1.807, 2.05) is 0 Å². The number of aromatic hydroxyl groups is 1. The third kappa shape index (κ3) is 5.94. The maximum atomic E-state index is 14.2. The lowest BCUT2D eigenvalue weighted by Gasteiger charge is -2.20. The summed E-state index contributed by atoms with van der Waals surface area (Å²) in [4.78, 5) is 45.8. The van der Waals surface area contributed by atoms with Crippen LogP contribution in [0.3, 0.4) is 0 Å². The molecular weight excluding hydrogens is 565 g/mol. The monoisotopic (exact) mass is 588 g/mol. The Hall–Kier alpha value is -5.52. The second-order valence-corrected chi connectivity index (χ2v) is 9.52. The van der Waals surface area contributed by atoms with Gasteiger partial charge in [0.2, 0.25) is 0 Å². The highest BCUT2D eigenvalue weighted by molar-refractivity contribution is 6.06. The molecule has 43 heavy (non-hydrogen) atoms. The van der Waals surface area contributed by atoms with Crippen molar-refractivity contribution in [1.82, 2.24) is 19.9 Å². The molecule has 0 aliphatic rings. The van der Waals surface area contributed by atoms with Gasteiger partial charge in [-0.25, -0.2) is 4.98 Å². The summed E-state index contributed by atoms with van der Waals surface area (Å²) in [6.45, 7) is -0.428. The number of carboxylic acid groups (broad SMARTS) is 1. The van der Waals surface area contributed by atoms with Crippen molar-refractivity contribution in [2.45, 2.75) is 19.1 Å². The minimum Gasteiger partial charge on any atom is -0.505 e. The Labute approximate surface area is 241 Å². The molecule has 9 nitrogen and oxygen atoms in total. The van der Waals surface area contributed by atoms with Gasteiger partial charge in [-0.05, 0) is 29.3 Å². The average Bonchev–Trinajstić information content (AvgIpc) is 2.99. The second-order valence-electron chi connectivity index (χ2n) is 9.52. The standard InChI is InChI=1S/C31H23F3N4O5/c32-31(33,34)28-20(12-7-14-35-28)24-26-22(27(41)25(37-24)29(42)36-15-13-23(39)40)16-21(19-10-5-2-6-11-19)30(43)38(26)17-18-8-3-1-4-9-18/h1-12,14,16,41H,13,15,17H2,(H,36,42)(H,39,40). The third-order valence-electron chi connectivity index (χ3n) is 6.66. The first-order valence-electron chi connectivity index (χ1n) is 13.0. The predicted octanol–water partition coefficient (Wildman–Crippen LogP) is 5.10. The van der Waals surface area contributed by atoms with Crippen LogP contribution in [-0.2, 0) is 17.5 Å². The summed E-state index contributed by atoms with van der Waals surface area (Å²) in [5, 5.41) is 22.5. The number of fused-ring (bicyclic) bond motifs is 1. The molecule has 0 fully saturated rings. The smallest absolute Gasteiger partial charge is 0.434 e. The molecule has 3 heterocycles. The Morgan fingerprint density at radius 3 is 2.26 bits per heavy atom. The number of carbonyl (C=O) groups is 2. The number of aromatic nitrogens is 3. The zero-order valence-corrected chi connectivity index (χ0v) is 22.3. The summed E-state index contributed by atoms with van der Waals surface area (Å²) in [5.74, 6) is -2.90. The molecule has 0 saturated carbocycles. The molecule has 5 rings (SSSR count). The number of amides is 1. The fourth-order valence-electron chi connectivity index (χ4n) is 4.72. The fourth-order valence-corrected chi connectivity index (χ4v) is 4.72. The molecule has 3 N–H and O–H groups in total. The van der Waals surface area contributed by atoms with Crippen LogP contribution in [0.25, 0.3) is 33.3 Å². The van der Waals surface area contributed by atoms with Crippen molar-refractivity contribution in [3.05, 3.63) is 112 Å². The molecule has 0 radical (unpaired) electrons. The Kier molecular flexibility index (Phi) is 7.93. The summed E-state index contributed by atoms with van der Waals surface area (Å²) in [7, 11) is 0. The van der Waals surface area contributed by atoms with Gasteiger partial charge in [-0.1, -0.05) is 60.7 Å². The number of pyridine rings is 3. The minimum absolute atomic E-state index is 0.100. The molecule has 218 valence electrons. The number of alkyl halides is 3. The van der Waals surface area contributed by atoms with Gasteiger partial charge in [0, 0.05) is 29.3 Å². The Morgan fingerprint density at radius 1 is 0.930 bits per heavy atom. The Bertz CT molecular complexity index is 1890. The number of carboxylic acids is 1. The first kappa shape index (κ1) is 29.0. The normalized spacial score (nSPS) is 11.4. The van der Waals surface area contributed by atoms with E-state index in [4.69, 9.17) is 5.11 Å². The number of halogens is 3. The van der Waals surface area contributed by atoms with Crippen molar-refractivity contribution in [3.63, 3.8) is 0 Å². The molecule has 0 aliphatic heterocycles. The summed E-state index contributed by atoms with van der Waals surface area (Å²) >= 11 is 0. The van der Waals surface area contributed by atoms with Crippen molar-refractivity contribution in [2.75, 3.05) is 6.54 Å². The predicted molar refractivity (Wildman–Crippen MR) is 151 cm³/mol. The number of aliphatic carboxylic acids is 1. The minimum atomic E-state index is -4.93. The van der Waals surface area contributed by atoms with Gasteiger partial charge in [-0.15, -0.1) is 0 Å². The quantitative estimate of drug-likeness (QED) is 0.230. The number of rotatable bonds is 8. The van der Waals surface area contributed by atoms with Gasteiger partial charge < -0.3 is 20.1 Å². The van der Waals surface area contributed by atoms with Crippen LogP contribution in [0.2, 0.25) is 0 Å². The van der Waals surface area contributed by atoms with Crippen LogP contribution in [0.5, 0.6) is 5.75 Å². The number of benzene rings is 2. The van der Waals surface area contributed by atoms with Gasteiger partial charge in [0.1, 0.15) is 0 Å². The molecule has 2 aromatic carbocycles. The maximum absolute atomic E-state index is 14.2. The Morgan fingerprint density at radius 2 is 1.60 bits per heavy atom. The first-order chi connectivity index (χ1) is 20.6. The van der Waals surface area contributed by atoms with Gasteiger partial charge >= 0.3 is 12.1 Å². The number of carbonyl (C=O) groups excluding carboxylic acids is 1. The van der Waals surface area contributed by atoms with E-state index < -0.39 is 58.4 Å². The summed E-state index contributed by atoms with van der Waals surface area (Å²) in [6, 6.07) is 20.9. The van der Waals surface area contributed by atoms with Gasteiger partial charge in [0.15, 0.2) is 17.1 Å². The van der Waals surface area contributed by atoms with Gasteiger partial charge in [-0.3, -0.25) is 19.4 Å². The van der Waals surface area contributed by atoms with Gasteiger partial charge in [0.25, 0.3) is 11.5 Å². The average molecular weight is 589 g/mol. The van der Waals surface area contributed by atoms with E-state index in [2.05, 4.69) is 15.3 Å². The molecule has 0 aliphatic carbocycles. The van der Waals surface area contributed by atoms with Crippen molar-refractivity contribution >= 4 is 22.8 Å².